The third-order valence-electron chi connectivity index (χ3n) is 5.10. The van der Waals surface area contributed by atoms with Crippen molar-refractivity contribution in [1.82, 2.24) is 19.5 Å². The monoisotopic (exact) mass is 408 g/mol. The van der Waals surface area contributed by atoms with Crippen molar-refractivity contribution in [2.24, 2.45) is 0 Å². The van der Waals surface area contributed by atoms with Crippen molar-refractivity contribution < 1.29 is 13.9 Å². The SMILES string of the molecule is CCOc1ccc(CNC(=O)C(C)n2nc(CC)n3c(cc4occc43)c2=O)cc1. The molecule has 4 aromatic rings. The Balaban J connectivity index is 1.57. The van der Waals surface area contributed by atoms with Crippen molar-refractivity contribution in [1.29, 1.82) is 0 Å². The van der Waals surface area contributed by atoms with E-state index in [1.165, 1.54) is 4.68 Å². The highest BCUT2D eigenvalue weighted by Crippen LogP contribution is 2.21. The largest absolute Gasteiger partial charge is 0.494 e. The van der Waals surface area contributed by atoms with E-state index < -0.39 is 6.04 Å². The first-order chi connectivity index (χ1) is 14.5. The Labute approximate surface area is 173 Å². The van der Waals surface area contributed by atoms with Gasteiger partial charge in [-0.1, -0.05) is 19.1 Å². The van der Waals surface area contributed by atoms with Crippen LogP contribution in [0, 0.1) is 0 Å². The van der Waals surface area contributed by atoms with Crippen molar-refractivity contribution >= 4 is 22.5 Å². The maximum atomic E-state index is 13.0. The number of amides is 1. The van der Waals surface area contributed by atoms with Gasteiger partial charge in [-0.25, -0.2) is 4.68 Å². The van der Waals surface area contributed by atoms with Gasteiger partial charge in [0.05, 0.1) is 18.4 Å². The summed E-state index contributed by atoms with van der Waals surface area (Å²) in [6, 6.07) is 10.3. The van der Waals surface area contributed by atoms with E-state index in [4.69, 9.17) is 9.15 Å². The molecule has 1 atom stereocenters. The van der Waals surface area contributed by atoms with Gasteiger partial charge in [0.2, 0.25) is 5.91 Å². The van der Waals surface area contributed by atoms with Gasteiger partial charge in [0.1, 0.15) is 23.1 Å². The lowest BCUT2D eigenvalue weighted by Crippen LogP contribution is -2.38. The fourth-order valence-electron chi connectivity index (χ4n) is 3.50. The summed E-state index contributed by atoms with van der Waals surface area (Å²) in [6.45, 7) is 6.51. The van der Waals surface area contributed by atoms with Gasteiger partial charge in [-0.2, -0.15) is 5.10 Å². The maximum Gasteiger partial charge on any atom is 0.291 e. The van der Waals surface area contributed by atoms with Crippen LogP contribution in [-0.4, -0.2) is 26.7 Å². The van der Waals surface area contributed by atoms with Gasteiger partial charge < -0.3 is 14.5 Å². The number of carbonyl (C=O) groups excluding carboxylic acids is 1. The average molecular weight is 408 g/mol. The predicted octanol–water partition coefficient (Wildman–Crippen LogP) is 3.08. The van der Waals surface area contributed by atoms with Crippen LogP contribution in [0.5, 0.6) is 5.75 Å². The second-order valence-corrected chi connectivity index (χ2v) is 7.03. The Bertz CT molecular complexity index is 1250. The molecular weight excluding hydrogens is 384 g/mol. The van der Waals surface area contributed by atoms with Gasteiger partial charge in [-0.3, -0.25) is 14.0 Å². The zero-order chi connectivity index (χ0) is 21.3. The number of carbonyl (C=O) groups is 1. The number of ether oxygens (including phenoxy) is 1. The molecule has 3 aromatic heterocycles. The lowest BCUT2D eigenvalue weighted by atomic mass is 10.2. The highest BCUT2D eigenvalue weighted by atomic mass is 16.5. The van der Waals surface area contributed by atoms with E-state index in [1.807, 2.05) is 38.1 Å². The molecule has 0 fully saturated rings. The van der Waals surface area contributed by atoms with Crippen LogP contribution in [0.25, 0.3) is 16.6 Å². The smallest absolute Gasteiger partial charge is 0.291 e. The Morgan fingerprint density at radius 1 is 1.20 bits per heavy atom. The Hall–Kier alpha value is -3.55. The number of aromatic nitrogens is 3. The molecule has 4 rings (SSSR count). The third-order valence-corrected chi connectivity index (χ3v) is 5.10. The zero-order valence-electron chi connectivity index (χ0n) is 17.2. The lowest BCUT2D eigenvalue weighted by Gasteiger charge is -2.16. The fourth-order valence-corrected chi connectivity index (χ4v) is 3.50. The summed E-state index contributed by atoms with van der Waals surface area (Å²) in [5, 5.41) is 7.36. The summed E-state index contributed by atoms with van der Waals surface area (Å²) in [4.78, 5) is 25.8. The normalized spacial score (nSPS) is 12.4. The first-order valence-corrected chi connectivity index (χ1v) is 10.0. The number of benzene rings is 1. The number of hydrogen-bond acceptors (Lipinski definition) is 5. The molecule has 30 heavy (non-hydrogen) atoms. The van der Waals surface area contributed by atoms with Gasteiger partial charge in [0, 0.05) is 25.1 Å². The number of hydrogen-bond donors (Lipinski definition) is 1. The highest BCUT2D eigenvalue weighted by Gasteiger charge is 2.22. The zero-order valence-corrected chi connectivity index (χ0v) is 17.2. The molecule has 0 bridgehead atoms. The molecule has 0 aliphatic carbocycles. The van der Waals surface area contributed by atoms with E-state index in [9.17, 15) is 9.59 Å². The number of furan rings is 1. The molecule has 3 heterocycles. The van der Waals surface area contributed by atoms with E-state index in [0.29, 0.717) is 36.5 Å². The van der Waals surface area contributed by atoms with E-state index >= 15 is 0 Å². The molecule has 8 nitrogen and oxygen atoms in total. The van der Waals surface area contributed by atoms with Crippen molar-refractivity contribution in [3.8, 4) is 5.75 Å². The first kappa shape index (κ1) is 19.8. The average Bonchev–Trinajstić information content (AvgIpc) is 3.35. The number of fused-ring (bicyclic) bond motifs is 3. The van der Waals surface area contributed by atoms with Crippen LogP contribution in [-0.2, 0) is 17.8 Å². The standard InChI is InChI=1S/C22H24N4O4/c1-4-20-24-26(22(28)18-12-19-17(25(18)20)10-11-30-19)14(3)21(27)23-13-15-6-8-16(9-7-15)29-5-2/h6-12,14H,4-5,13H2,1-3H3,(H,23,27). The van der Waals surface area contributed by atoms with Crippen LogP contribution in [0.1, 0.15) is 38.2 Å². The van der Waals surface area contributed by atoms with Crippen molar-refractivity contribution in [2.75, 3.05) is 6.61 Å². The van der Waals surface area contributed by atoms with Crippen LogP contribution in [0.2, 0.25) is 0 Å². The van der Waals surface area contributed by atoms with Crippen LogP contribution >= 0.6 is 0 Å². The Morgan fingerprint density at radius 3 is 2.67 bits per heavy atom. The van der Waals surface area contributed by atoms with Crippen LogP contribution in [0.3, 0.4) is 0 Å². The van der Waals surface area contributed by atoms with Crippen molar-refractivity contribution in [3.05, 3.63) is 64.4 Å². The molecular formula is C22H24N4O4. The second-order valence-electron chi connectivity index (χ2n) is 7.03. The van der Waals surface area contributed by atoms with Gasteiger partial charge in [0.15, 0.2) is 5.58 Å². The molecule has 1 N–H and O–H groups in total. The van der Waals surface area contributed by atoms with Gasteiger partial charge in [-0.05, 0) is 31.5 Å². The predicted molar refractivity (Wildman–Crippen MR) is 113 cm³/mol. The number of nitrogens with one attached hydrogen (secondary N) is 1. The molecule has 0 aliphatic rings. The van der Waals surface area contributed by atoms with E-state index in [2.05, 4.69) is 10.4 Å². The lowest BCUT2D eigenvalue weighted by molar-refractivity contribution is -0.124. The summed E-state index contributed by atoms with van der Waals surface area (Å²) in [6.07, 6.45) is 2.19. The summed E-state index contributed by atoms with van der Waals surface area (Å²) in [5.41, 5.74) is 2.47. The van der Waals surface area contributed by atoms with E-state index in [1.54, 1.807) is 29.7 Å². The van der Waals surface area contributed by atoms with Crippen molar-refractivity contribution in [3.63, 3.8) is 0 Å². The molecule has 156 valence electrons. The molecule has 8 heteroatoms. The first-order valence-electron chi connectivity index (χ1n) is 10.0. The van der Waals surface area contributed by atoms with E-state index in [-0.39, 0.29) is 11.5 Å². The van der Waals surface area contributed by atoms with Gasteiger partial charge in [-0.15, -0.1) is 0 Å². The second kappa shape index (κ2) is 8.06. The molecule has 1 amide bonds. The number of rotatable bonds is 7. The minimum absolute atomic E-state index is 0.278. The minimum Gasteiger partial charge on any atom is -0.494 e. The van der Waals surface area contributed by atoms with Gasteiger partial charge in [0.25, 0.3) is 5.56 Å². The van der Waals surface area contributed by atoms with Crippen LogP contribution in [0.4, 0.5) is 0 Å². The minimum atomic E-state index is -0.753. The summed E-state index contributed by atoms with van der Waals surface area (Å²) in [7, 11) is 0. The number of aryl methyl sites for hydroxylation is 1. The summed E-state index contributed by atoms with van der Waals surface area (Å²) < 4.78 is 13.9. The van der Waals surface area contributed by atoms with Crippen molar-refractivity contribution in [2.45, 2.75) is 39.8 Å². The molecule has 0 saturated carbocycles. The molecule has 0 saturated heterocycles. The highest BCUT2D eigenvalue weighted by molar-refractivity contribution is 5.83. The fraction of sp³-hybridized carbons (Fsp3) is 0.318. The summed E-state index contributed by atoms with van der Waals surface area (Å²) >= 11 is 0. The third kappa shape index (κ3) is 3.45. The van der Waals surface area contributed by atoms with E-state index in [0.717, 1.165) is 16.8 Å². The van der Waals surface area contributed by atoms with Gasteiger partial charge >= 0.3 is 0 Å². The van der Waals surface area contributed by atoms with Crippen LogP contribution in [0.15, 0.2) is 51.9 Å². The Morgan fingerprint density at radius 2 is 1.97 bits per heavy atom. The topological polar surface area (TPSA) is 90.8 Å². The molecule has 1 aromatic carbocycles. The maximum absolute atomic E-state index is 13.0. The number of nitrogens with zero attached hydrogens (tertiary/aromatic N) is 3. The summed E-state index contributed by atoms with van der Waals surface area (Å²) in [5.74, 6) is 1.20. The molecule has 0 aliphatic heterocycles. The molecule has 1 unspecified atom stereocenters. The quantitative estimate of drug-likeness (QED) is 0.507. The van der Waals surface area contributed by atoms with Crippen LogP contribution < -0.4 is 15.6 Å². The molecule has 0 radical (unpaired) electrons. The Kier molecular flexibility index (Phi) is 5.31. The molecule has 0 spiro atoms.